The van der Waals surface area contributed by atoms with Gasteiger partial charge in [-0.2, -0.15) is 0 Å². The number of hydrogen-bond donors (Lipinski definition) is 0. The third-order valence-corrected chi connectivity index (χ3v) is 6.13. The number of rotatable bonds is 5. The average Bonchev–Trinajstić information content (AvgIpc) is 3.48. The van der Waals surface area contributed by atoms with E-state index in [9.17, 15) is 0 Å². The summed E-state index contributed by atoms with van der Waals surface area (Å²) in [7, 11) is 1.61. The molecule has 2 aromatic heterocycles. The molecule has 2 aliphatic heterocycles. The van der Waals surface area contributed by atoms with Gasteiger partial charge in [0.15, 0.2) is 11.5 Å². The summed E-state index contributed by atoms with van der Waals surface area (Å²) in [5.41, 5.74) is 1.77. The van der Waals surface area contributed by atoms with Gasteiger partial charge in [0.05, 0.1) is 18.8 Å². The SMILES string of the molecule is COc1cc(-c2nc(CN3CCCC3c3nccs3)c(C)o2)cc2c1OCO2. The number of benzene rings is 1. The van der Waals surface area contributed by atoms with Crippen LogP contribution in [0.1, 0.15) is 35.3 Å². The highest BCUT2D eigenvalue weighted by molar-refractivity contribution is 7.09. The smallest absolute Gasteiger partial charge is 0.231 e. The van der Waals surface area contributed by atoms with E-state index >= 15 is 0 Å². The maximum absolute atomic E-state index is 5.99. The number of aryl methyl sites for hydroxylation is 1. The van der Waals surface area contributed by atoms with Crippen molar-refractivity contribution in [3.8, 4) is 28.7 Å². The van der Waals surface area contributed by atoms with E-state index in [1.54, 1.807) is 18.4 Å². The van der Waals surface area contributed by atoms with Crippen molar-refractivity contribution in [2.45, 2.75) is 32.4 Å². The molecule has 146 valence electrons. The third-order valence-electron chi connectivity index (χ3n) is 5.25. The summed E-state index contributed by atoms with van der Waals surface area (Å²) in [6.07, 6.45) is 4.19. The van der Waals surface area contributed by atoms with Gasteiger partial charge in [0.25, 0.3) is 0 Å². The Labute approximate surface area is 166 Å². The van der Waals surface area contributed by atoms with Crippen molar-refractivity contribution in [3.63, 3.8) is 0 Å². The zero-order valence-electron chi connectivity index (χ0n) is 15.8. The van der Waals surface area contributed by atoms with Crippen LogP contribution in [0.15, 0.2) is 28.1 Å². The second kappa shape index (κ2) is 7.10. The van der Waals surface area contributed by atoms with Crippen LogP contribution in [0.2, 0.25) is 0 Å². The van der Waals surface area contributed by atoms with E-state index in [0.717, 1.165) is 36.5 Å². The van der Waals surface area contributed by atoms with Crippen LogP contribution in [0.4, 0.5) is 0 Å². The zero-order chi connectivity index (χ0) is 19.1. The van der Waals surface area contributed by atoms with E-state index in [-0.39, 0.29) is 6.79 Å². The minimum Gasteiger partial charge on any atom is -0.493 e. The number of methoxy groups -OCH3 is 1. The molecule has 0 bridgehead atoms. The lowest BCUT2D eigenvalue weighted by Crippen LogP contribution is -2.23. The van der Waals surface area contributed by atoms with Gasteiger partial charge >= 0.3 is 0 Å². The first kappa shape index (κ1) is 17.5. The molecule has 1 aromatic carbocycles. The van der Waals surface area contributed by atoms with Crippen LogP contribution in [-0.4, -0.2) is 35.3 Å². The van der Waals surface area contributed by atoms with Crippen LogP contribution in [-0.2, 0) is 6.54 Å². The van der Waals surface area contributed by atoms with Crippen LogP contribution in [0.5, 0.6) is 17.2 Å². The summed E-state index contributed by atoms with van der Waals surface area (Å²) in [5, 5.41) is 3.22. The molecule has 2 aliphatic rings. The molecule has 0 radical (unpaired) electrons. The Morgan fingerprint density at radius 1 is 1.32 bits per heavy atom. The third kappa shape index (κ3) is 3.02. The highest BCUT2D eigenvalue weighted by Crippen LogP contribution is 2.44. The molecule has 0 saturated carbocycles. The van der Waals surface area contributed by atoms with Crippen molar-refractivity contribution < 1.29 is 18.6 Å². The number of nitrogens with zero attached hydrogens (tertiary/aromatic N) is 3. The first-order valence-electron chi connectivity index (χ1n) is 9.30. The molecule has 1 fully saturated rings. The number of ether oxygens (including phenoxy) is 3. The van der Waals surface area contributed by atoms with Gasteiger partial charge in [-0.05, 0) is 38.4 Å². The molecule has 0 aliphatic carbocycles. The molecule has 7 nitrogen and oxygen atoms in total. The number of fused-ring (bicyclic) bond motifs is 1. The van der Waals surface area contributed by atoms with E-state index < -0.39 is 0 Å². The number of likely N-dealkylation sites (tertiary alicyclic amines) is 1. The van der Waals surface area contributed by atoms with Crippen LogP contribution >= 0.6 is 11.3 Å². The van der Waals surface area contributed by atoms with E-state index in [1.165, 1.54) is 11.4 Å². The topological polar surface area (TPSA) is 69.9 Å². The van der Waals surface area contributed by atoms with Gasteiger partial charge in [-0.15, -0.1) is 11.3 Å². The van der Waals surface area contributed by atoms with Crippen LogP contribution in [0, 0.1) is 6.92 Å². The fourth-order valence-electron chi connectivity index (χ4n) is 3.84. The van der Waals surface area contributed by atoms with Crippen LogP contribution < -0.4 is 14.2 Å². The highest BCUT2D eigenvalue weighted by atomic mass is 32.1. The molecule has 3 aromatic rings. The maximum atomic E-state index is 5.99. The maximum Gasteiger partial charge on any atom is 0.231 e. The molecular weight excluding hydrogens is 378 g/mol. The van der Waals surface area contributed by atoms with Crippen LogP contribution in [0.3, 0.4) is 0 Å². The lowest BCUT2D eigenvalue weighted by Gasteiger charge is -2.21. The first-order valence-corrected chi connectivity index (χ1v) is 10.2. The molecule has 1 atom stereocenters. The Hall–Kier alpha value is -2.58. The Bertz CT molecular complexity index is 986. The molecule has 5 rings (SSSR count). The van der Waals surface area contributed by atoms with Gasteiger partial charge < -0.3 is 18.6 Å². The molecule has 0 amide bonds. The van der Waals surface area contributed by atoms with Gasteiger partial charge in [0, 0.05) is 23.7 Å². The number of oxazole rings is 1. The fraction of sp³-hybridized carbons (Fsp3) is 0.400. The van der Waals surface area contributed by atoms with Crippen molar-refractivity contribution in [1.82, 2.24) is 14.9 Å². The first-order chi connectivity index (χ1) is 13.7. The van der Waals surface area contributed by atoms with Crippen molar-refractivity contribution >= 4 is 11.3 Å². The minimum absolute atomic E-state index is 0.193. The molecular formula is C20H21N3O4S. The summed E-state index contributed by atoms with van der Waals surface area (Å²) < 4.78 is 22.4. The van der Waals surface area contributed by atoms with E-state index in [1.807, 2.05) is 30.6 Å². The largest absolute Gasteiger partial charge is 0.493 e. The lowest BCUT2D eigenvalue weighted by molar-refractivity contribution is 0.171. The Kier molecular flexibility index (Phi) is 4.44. The highest BCUT2D eigenvalue weighted by Gasteiger charge is 2.29. The molecule has 0 N–H and O–H groups in total. The average molecular weight is 399 g/mol. The van der Waals surface area contributed by atoms with Gasteiger partial charge in [0.1, 0.15) is 10.8 Å². The molecule has 8 heteroatoms. The summed E-state index contributed by atoms with van der Waals surface area (Å²) >= 11 is 1.72. The monoisotopic (exact) mass is 399 g/mol. The Balaban J connectivity index is 1.42. The van der Waals surface area contributed by atoms with Crippen molar-refractivity contribution in [2.75, 3.05) is 20.4 Å². The normalized spacial score (nSPS) is 18.7. The zero-order valence-corrected chi connectivity index (χ0v) is 16.6. The summed E-state index contributed by atoms with van der Waals surface area (Å²) in [6.45, 7) is 3.95. The molecule has 1 saturated heterocycles. The Morgan fingerprint density at radius 2 is 2.25 bits per heavy atom. The van der Waals surface area contributed by atoms with Crippen molar-refractivity contribution in [1.29, 1.82) is 0 Å². The molecule has 1 unspecified atom stereocenters. The molecule has 28 heavy (non-hydrogen) atoms. The van der Waals surface area contributed by atoms with Gasteiger partial charge in [-0.3, -0.25) is 4.90 Å². The van der Waals surface area contributed by atoms with E-state index in [0.29, 0.717) is 29.2 Å². The van der Waals surface area contributed by atoms with Gasteiger partial charge in [-0.25, -0.2) is 9.97 Å². The fourth-order valence-corrected chi connectivity index (χ4v) is 4.64. The predicted octanol–water partition coefficient (Wildman–Crippen LogP) is 4.18. The summed E-state index contributed by atoms with van der Waals surface area (Å²) in [6, 6.07) is 4.12. The summed E-state index contributed by atoms with van der Waals surface area (Å²) in [4.78, 5) is 11.7. The van der Waals surface area contributed by atoms with E-state index in [4.69, 9.17) is 23.6 Å². The van der Waals surface area contributed by atoms with Gasteiger partial charge in [-0.1, -0.05) is 0 Å². The van der Waals surface area contributed by atoms with Crippen molar-refractivity contribution in [3.05, 3.63) is 40.2 Å². The van der Waals surface area contributed by atoms with Crippen LogP contribution in [0.25, 0.3) is 11.5 Å². The lowest BCUT2D eigenvalue weighted by atomic mass is 10.2. The second-order valence-electron chi connectivity index (χ2n) is 6.93. The number of aromatic nitrogens is 2. The Morgan fingerprint density at radius 3 is 3.07 bits per heavy atom. The molecule has 0 spiro atoms. The summed E-state index contributed by atoms with van der Waals surface area (Å²) in [5.74, 6) is 3.28. The standard InChI is InChI=1S/C20H21N3O4S/c1-12-14(10-23-6-3-4-15(23)20-21-5-7-28-20)22-19(27-12)13-8-16(24-2)18-17(9-13)25-11-26-18/h5,7-9,15H,3-4,6,10-11H2,1-2H3. The van der Waals surface area contributed by atoms with E-state index in [2.05, 4.69) is 9.88 Å². The predicted molar refractivity (Wildman–Crippen MR) is 104 cm³/mol. The number of hydrogen-bond acceptors (Lipinski definition) is 8. The van der Waals surface area contributed by atoms with Gasteiger partial charge in [0.2, 0.25) is 18.4 Å². The molecule has 4 heterocycles. The minimum atomic E-state index is 0.193. The number of thiazole rings is 1. The van der Waals surface area contributed by atoms with Crippen molar-refractivity contribution in [2.24, 2.45) is 0 Å². The quantitative estimate of drug-likeness (QED) is 0.637. The second-order valence-corrected chi connectivity index (χ2v) is 7.86.